The van der Waals surface area contributed by atoms with Crippen molar-refractivity contribution in [1.29, 1.82) is 0 Å². The molecule has 3 aromatic rings. The van der Waals surface area contributed by atoms with Crippen molar-refractivity contribution in [2.75, 3.05) is 13.2 Å². The quantitative estimate of drug-likeness (QED) is 0.267. The summed E-state index contributed by atoms with van der Waals surface area (Å²) in [4.78, 5) is 23.7. The van der Waals surface area contributed by atoms with Gasteiger partial charge in [-0.1, -0.05) is 37.8 Å². The number of benzene rings is 2. The first-order chi connectivity index (χ1) is 15.2. The Morgan fingerprint density at radius 2 is 1.88 bits per heavy atom. The molecule has 32 heavy (non-hydrogen) atoms. The molecule has 0 aliphatic rings. The highest BCUT2D eigenvalue weighted by atomic mass is 19.4. The van der Waals surface area contributed by atoms with Crippen LogP contribution in [0.1, 0.15) is 12.5 Å². The smallest absolute Gasteiger partial charge is 0.398 e. The van der Waals surface area contributed by atoms with Gasteiger partial charge >= 0.3 is 17.8 Å². The molecule has 8 heteroatoms. The standard InChI is InChI=1S/C24H21F3O5/c1-3-15-7-5-6-8-19(15)20-11-16-9-10-18(12-21(16)32-23(20)29)30-13-17(24(25,26)27)14-31-22(28)4-2/h4-12,17H,2-3,13-14H2,1H3. The van der Waals surface area contributed by atoms with Gasteiger partial charge in [-0.15, -0.1) is 0 Å². The summed E-state index contributed by atoms with van der Waals surface area (Å²) in [5.41, 5.74) is 1.80. The zero-order valence-electron chi connectivity index (χ0n) is 17.3. The van der Waals surface area contributed by atoms with Gasteiger partial charge in [-0.25, -0.2) is 9.59 Å². The summed E-state index contributed by atoms with van der Waals surface area (Å²) in [6.45, 7) is 3.46. The lowest BCUT2D eigenvalue weighted by Gasteiger charge is -2.20. The normalized spacial score (nSPS) is 12.4. The lowest BCUT2D eigenvalue weighted by molar-refractivity contribution is -0.195. The molecule has 5 nitrogen and oxygen atoms in total. The highest BCUT2D eigenvalue weighted by molar-refractivity contribution is 5.83. The third-order valence-electron chi connectivity index (χ3n) is 4.90. The molecule has 0 saturated carbocycles. The van der Waals surface area contributed by atoms with Crippen LogP contribution >= 0.6 is 0 Å². The Balaban J connectivity index is 1.83. The Hall–Kier alpha value is -3.55. The number of hydrogen-bond donors (Lipinski definition) is 0. The van der Waals surface area contributed by atoms with Crippen molar-refractivity contribution >= 4 is 16.9 Å². The molecule has 0 aliphatic carbocycles. The second-order valence-corrected chi connectivity index (χ2v) is 7.04. The zero-order chi connectivity index (χ0) is 23.3. The van der Waals surface area contributed by atoms with Gasteiger partial charge in [-0.3, -0.25) is 0 Å². The van der Waals surface area contributed by atoms with Gasteiger partial charge in [0.2, 0.25) is 0 Å². The fourth-order valence-electron chi connectivity index (χ4n) is 3.14. The molecule has 3 rings (SSSR count). The van der Waals surface area contributed by atoms with Crippen LogP contribution in [0.2, 0.25) is 0 Å². The van der Waals surface area contributed by atoms with E-state index >= 15 is 0 Å². The summed E-state index contributed by atoms with van der Waals surface area (Å²) in [5, 5.41) is 0.602. The number of esters is 1. The van der Waals surface area contributed by atoms with Crippen LogP contribution < -0.4 is 10.4 Å². The summed E-state index contributed by atoms with van der Waals surface area (Å²) in [6.07, 6.45) is -3.11. The van der Waals surface area contributed by atoms with Gasteiger partial charge in [0.15, 0.2) is 0 Å². The highest BCUT2D eigenvalue weighted by Crippen LogP contribution is 2.29. The van der Waals surface area contributed by atoms with E-state index in [1.807, 2.05) is 31.2 Å². The third kappa shape index (κ3) is 5.38. The first-order valence-electron chi connectivity index (χ1n) is 9.87. The Morgan fingerprint density at radius 3 is 2.56 bits per heavy atom. The number of aryl methyl sites for hydroxylation is 1. The predicted octanol–water partition coefficient (Wildman–Crippen LogP) is 5.31. The van der Waals surface area contributed by atoms with E-state index in [0.717, 1.165) is 23.6 Å². The van der Waals surface area contributed by atoms with Crippen molar-refractivity contribution in [3.63, 3.8) is 0 Å². The number of carbonyl (C=O) groups excluding carboxylic acids is 1. The van der Waals surface area contributed by atoms with Gasteiger partial charge in [-0.2, -0.15) is 13.2 Å². The molecule has 0 spiro atoms. The minimum atomic E-state index is -4.63. The first-order valence-corrected chi connectivity index (χ1v) is 9.87. The Labute approximate surface area is 182 Å². The fourth-order valence-corrected chi connectivity index (χ4v) is 3.14. The largest absolute Gasteiger partial charge is 0.493 e. The molecule has 2 aromatic carbocycles. The van der Waals surface area contributed by atoms with Crippen LogP contribution in [0.3, 0.4) is 0 Å². The molecule has 168 valence electrons. The van der Waals surface area contributed by atoms with E-state index in [9.17, 15) is 22.8 Å². The van der Waals surface area contributed by atoms with E-state index in [1.165, 1.54) is 12.1 Å². The lowest BCUT2D eigenvalue weighted by atomic mass is 9.98. The van der Waals surface area contributed by atoms with Gasteiger partial charge in [0.1, 0.15) is 30.5 Å². The van der Waals surface area contributed by atoms with Gasteiger partial charge in [0.25, 0.3) is 0 Å². The maximum Gasteiger partial charge on any atom is 0.398 e. The van der Waals surface area contributed by atoms with Crippen LogP contribution in [0.15, 0.2) is 70.4 Å². The SMILES string of the molecule is C=CC(=O)OCC(COc1ccc2cc(-c3ccccc3CC)c(=O)oc2c1)C(F)(F)F. The molecule has 0 saturated heterocycles. The van der Waals surface area contributed by atoms with Gasteiger partial charge < -0.3 is 13.9 Å². The molecule has 1 heterocycles. The maximum absolute atomic E-state index is 13.2. The summed E-state index contributed by atoms with van der Waals surface area (Å²) < 4.78 is 54.8. The molecule has 1 aromatic heterocycles. The van der Waals surface area contributed by atoms with Crippen LogP contribution in [-0.2, 0) is 16.0 Å². The van der Waals surface area contributed by atoms with Crippen molar-refractivity contribution in [2.24, 2.45) is 5.92 Å². The number of hydrogen-bond acceptors (Lipinski definition) is 5. The molecule has 1 unspecified atom stereocenters. The monoisotopic (exact) mass is 446 g/mol. The molecule has 1 atom stereocenters. The van der Waals surface area contributed by atoms with Crippen molar-refractivity contribution in [2.45, 2.75) is 19.5 Å². The van der Waals surface area contributed by atoms with Crippen LogP contribution in [0.4, 0.5) is 13.2 Å². The van der Waals surface area contributed by atoms with Crippen LogP contribution in [0.5, 0.6) is 5.75 Å². The molecular weight excluding hydrogens is 425 g/mol. The number of ether oxygens (including phenoxy) is 2. The second-order valence-electron chi connectivity index (χ2n) is 7.04. The lowest BCUT2D eigenvalue weighted by Crippen LogP contribution is -2.33. The zero-order valence-corrected chi connectivity index (χ0v) is 17.3. The number of rotatable bonds is 8. The number of halogens is 3. The summed E-state index contributed by atoms with van der Waals surface area (Å²) in [7, 11) is 0. The molecule has 0 bridgehead atoms. The van der Waals surface area contributed by atoms with E-state index in [-0.39, 0.29) is 11.3 Å². The molecule has 0 fully saturated rings. The van der Waals surface area contributed by atoms with E-state index in [4.69, 9.17) is 9.15 Å². The Morgan fingerprint density at radius 1 is 1.12 bits per heavy atom. The Bertz CT molecular complexity index is 1180. The van der Waals surface area contributed by atoms with E-state index < -0.39 is 36.9 Å². The van der Waals surface area contributed by atoms with Crippen LogP contribution in [-0.4, -0.2) is 25.4 Å². The molecular formula is C24H21F3O5. The van der Waals surface area contributed by atoms with Gasteiger partial charge in [0, 0.05) is 17.5 Å². The van der Waals surface area contributed by atoms with Crippen molar-refractivity contribution in [3.05, 3.63) is 77.2 Å². The molecule has 0 N–H and O–H groups in total. The highest BCUT2D eigenvalue weighted by Gasteiger charge is 2.41. The number of fused-ring (bicyclic) bond motifs is 1. The summed E-state index contributed by atoms with van der Waals surface area (Å²) in [6, 6.07) is 13.6. The molecule has 0 amide bonds. The average molecular weight is 446 g/mol. The number of alkyl halides is 3. The minimum absolute atomic E-state index is 0.0895. The average Bonchev–Trinajstić information content (AvgIpc) is 2.77. The topological polar surface area (TPSA) is 65.7 Å². The minimum Gasteiger partial charge on any atom is -0.493 e. The number of carbonyl (C=O) groups is 1. The summed E-state index contributed by atoms with van der Waals surface area (Å²) in [5.74, 6) is -2.89. The van der Waals surface area contributed by atoms with Gasteiger partial charge in [-0.05, 0) is 35.7 Å². The van der Waals surface area contributed by atoms with E-state index in [0.29, 0.717) is 10.9 Å². The Kier molecular flexibility index (Phi) is 7.02. The van der Waals surface area contributed by atoms with E-state index in [1.54, 1.807) is 12.1 Å². The second kappa shape index (κ2) is 9.72. The first kappa shape index (κ1) is 23.1. The summed E-state index contributed by atoms with van der Waals surface area (Å²) >= 11 is 0. The maximum atomic E-state index is 13.2. The van der Waals surface area contributed by atoms with Crippen LogP contribution in [0.25, 0.3) is 22.1 Å². The van der Waals surface area contributed by atoms with Crippen molar-refractivity contribution in [1.82, 2.24) is 0 Å². The molecule has 0 aliphatic heterocycles. The van der Waals surface area contributed by atoms with Gasteiger partial charge in [0.05, 0.1) is 5.56 Å². The van der Waals surface area contributed by atoms with Crippen molar-refractivity contribution in [3.8, 4) is 16.9 Å². The molecule has 0 radical (unpaired) electrons. The third-order valence-corrected chi connectivity index (χ3v) is 4.90. The predicted molar refractivity (Wildman–Crippen MR) is 113 cm³/mol. The van der Waals surface area contributed by atoms with Crippen LogP contribution in [0, 0.1) is 5.92 Å². The fraction of sp³-hybridized carbons (Fsp3) is 0.250. The van der Waals surface area contributed by atoms with Crippen molar-refractivity contribution < 1.29 is 31.9 Å². The van der Waals surface area contributed by atoms with E-state index in [2.05, 4.69) is 11.3 Å².